The summed E-state index contributed by atoms with van der Waals surface area (Å²) in [5, 5.41) is 5.12. The molecule has 14 heavy (non-hydrogen) atoms. The second-order valence-electron chi connectivity index (χ2n) is 2.90. The monoisotopic (exact) mass is 227 g/mol. The summed E-state index contributed by atoms with van der Waals surface area (Å²) >= 11 is 11.6. The van der Waals surface area contributed by atoms with Crippen molar-refractivity contribution in [3.63, 3.8) is 0 Å². The fraction of sp³-hybridized carbons (Fsp3) is 0.111. The van der Waals surface area contributed by atoms with Crippen LogP contribution in [0.15, 0.2) is 24.7 Å². The van der Waals surface area contributed by atoms with Gasteiger partial charge in [0, 0.05) is 18.5 Å². The van der Waals surface area contributed by atoms with E-state index in [1.165, 1.54) is 0 Å². The molecule has 0 saturated heterocycles. The third-order valence-corrected chi connectivity index (χ3v) is 2.24. The van der Waals surface area contributed by atoms with Crippen molar-refractivity contribution < 1.29 is 0 Å². The van der Waals surface area contributed by atoms with Gasteiger partial charge in [-0.15, -0.1) is 0 Å². The molecule has 2 aromatic heterocycles. The largest absolute Gasteiger partial charge is 0.244 e. The average Bonchev–Trinajstić information content (AvgIpc) is 2.56. The highest BCUT2D eigenvalue weighted by Crippen LogP contribution is 2.17. The van der Waals surface area contributed by atoms with Crippen molar-refractivity contribution in [3.05, 3.63) is 40.4 Å². The summed E-state index contributed by atoms with van der Waals surface area (Å²) < 4.78 is 1.67. The zero-order chi connectivity index (χ0) is 10.1. The van der Waals surface area contributed by atoms with E-state index in [0.29, 0.717) is 10.2 Å². The predicted octanol–water partition coefficient (Wildman–Crippen LogP) is 2.88. The Kier molecular flexibility index (Phi) is 2.44. The van der Waals surface area contributed by atoms with Gasteiger partial charge in [0.25, 0.3) is 0 Å². The molecule has 0 spiro atoms. The molecule has 0 atom stereocenters. The molecule has 0 radical (unpaired) electrons. The van der Waals surface area contributed by atoms with Crippen molar-refractivity contribution in [2.75, 3.05) is 0 Å². The minimum absolute atomic E-state index is 0.442. The Labute approximate surface area is 91.3 Å². The van der Waals surface area contributed by atoms with Crippen molar-refractivity contribution in [2.24, 2.45) is 0 Å². The fourth-order valence-electron chi connectivity index (χ4n) is 1.17. The molecule has 0 aliphatic rings. The molecule has 2 aromatic rings. The first-order valence-corrected chi connectivity index (χ1v) is 4.75. The van der Waals surface area contributed by atoms with Crippen LogP contribution in [0, 0.1) is 6.92 Å². The van der Waals surface area contributed by atoms with Gasteiger partial charge in [0.1, 0.15) is 5.15 Å². The van der Waals surface area contributed by atoms with E-state index in [2.05, 4.69) is 10.1 Å². The van der Waals surface area contributed by atoms with Crippen LogP contribution >= 0.6 is 23.2 Å². The smallest absolute Gasteiger partial charge is 0.131 e. The zero-order valence-corrected chi connectivity index (χ0v) is 8.92. The third kappa shape index (κ3) is 1.74. The molecule has 3 nitrogen and oxygen atoms in total. The van der Waals surface area contributed by atoms with Crippen molar-refractivity contribution >= 4 is 23.2 Å². The van der Waals surface area contributed by atoms with Gasteiger partial charge in [-0.05, 0) is 12.5 Å². The van der Waals surface area contributed by atoms with Crippen molar-refractivity contribution in [3.8, 4) is 5.69 Å². The predicted molar refractivity (Wildman–Crippen MR) is 56.1 cm³/mol. The van der Waals surface area contributed by atoms with Gasteiger partial charge in [-0.2, -0.15) is 5.10 Å². The van der Waals surface area contributed by atoms with Gasteiger partial charge in [0.2, 0.25) is 0 Å². The molecule has 72 valence electrons. The maximum absolute atomic E-state index is 5.79. The first-order valence-electron chi connectivity index (χ1n) is 3.99. The maximum Gasteiger partial charge on any atom is 0.131 e. The molecule has 0 aliphatic heterocycles. The van der Waals surface area contributed by atoms with Crippen LogP contribution in [0.4, 0.5) is 0 Å². The van der Waals surface area contributed by atoms with Crippen LogP contribution in [0.1, 0.15) is 5.56 Å². The Bertz CT molecular complexity index is 465. The molecule has 0 N–H and O–H groups in total. The van der Waals surface area contributed by atoms with Crippen LogP contribution in [0.5, 0.6) is 0 Å². The summed E-state index contributed by atoms with van der Waals surface area (Å²) in [7, 11) is 0. The average molecular weight is 228 g/mol. The van der Waals surface area contributed by atoms with E-state index in [-0.39, 0.29) is 0 Å². The molecular formula is C9H7Cl2N3. The van der Waals surface area contributed by atoms with Crippen LogP contribution in [0.3, 0.4) is 0 Å². The number of nitrogens with zero attached hydrogens (tertiary/aromatic N) is 3. The lowest BCUT2D eigenvalue weighted by Crippen LogP contribution is -1.97. The highest BCUT2D eigenvalue weighted by molar-refractivity contribution is 6.30. The Morgan fingerprint density at radius 3 is 2.71 bits per heavy atom. The summed E-state index contributed by atoms with van der Waals surface area (Å²) in [5.41, 5.74) is 1.88. The van der Waals surface area contributed by atoms with Gasteiger partial charge < -0.3 is 0 Å². The van der Waals surface area contributed by atoms with E-state index in [9.17, 15) is 0 Å². The number of aromatic nitrogens is 3. The van der Waals surface area contributed by atoms with E-state index in [0.717, 1.165) is 11.3 Å². The van der Waals surface area contributed by atoms with Crippen LogP contribution in [-0.4, -0.2) is 14.8 Å². The first kappa shape index (κ1) is 9.49. The molecule has 5 heteroatoms. The molecule has 0 amide bonds. The molecular weight excluding hydrogens is 221 g/mol. The van der Waals surface area contributed by atoms with E-state index in [4.69, 9.17) is 23.2 Å². The second-order valence-corrected chi connectivity index (χ2v) is 3.72. The van der Waals surface area contributed by atoms with Crippen LogP contribution in [0.2, 0.25) is 10.2 Å². The summed E-state index contributed by atoms with van der Waals surface area (Å²) in [5.74, 6) is 0. The van der Waals surface area contributed by atoms with Gasteiger partial charge in [-0.25, -0.2) is 9.67 Å². The molecule has 2 heterocycles. The van der Waals surface area contributed by atoms with E-state index < -0.39 is 0 Å². The highest BCUT2D eigenvalue weighted by atomic mass is 35.5. The van der Waals surface area contributed by atoms with Gasteiger partial charge in [-0.1, -0.05) is 23.2 Å². The summed E-state index contributed by atoms with van der Waals surface area (Å²) in [6, 6.07) is 1.75. The van der Waals surface area contributed by atoms with Gasteiger partial charge in [0.15, 0.2) is 0 Å². The summed E-state index contributed by atoms with van der Waals surface area (Å²) in [6.07, 6.45) is 5.00. The maximum atomic E-state index is 5.79. The zero-order valence-electron chi connectivity index (χ0n) is 7.41. The van der Waals surface area contributed by atoms with Gasteiger partial charge in [-0.3, -0.25) is 0 Å². The lowest BCUT2D eigenvalue weighted by Gasteiger charge is -2.04. The van der Waals surface area contributed by atoms with Crippen LogP contribution < -0.4 is 0 Å². The number of pyridine rings is 1. The molecule has 0 bridgehead atoms. The van der Waals surface area contributed by atoms with E-state index in [1.807, 2.05) is 6.92 Å². The molecule has 0 aromatic carbocycles. The minimum Gasteiger partial charge on any atom is -0.244 e. The van der Waals surface area contributed by atoms with Crippen molar-refractivity contribution in [1.29, 1.82) is 0 Å². The minimum atomic E-state index is 0.442. The summed E-state index contributed by atoms with van der Waals surface area (Å²) in [4.78, 5) is 3.96. The highest BCUT2D eigenvalue weighted by Gasteiger charge is 2.04. The SMILES string of the molecule is Cc1cnc(Cl)cc1-n1cc(Cl)cn1. The molecule has 0 fully saturated rings. The number of hydrogen-bond donors (Lipinski definition) is 0. The normalized spacial score (nSPS) is 10.5. The molecule has 2 rings (SSSR count). The summed E-state index contributed by atoms with van der Waals surface area (Å²) in [6.45, 7) is 1.94. The van der Waals surface area contributed by atoms with E-state index >= 15 is 0 Å². The standard InChI is InChI=1S/C9H7Cl2N3/c1-6-3-12-9(11)2-8(6)14-5-7(10)4-13-14/h2-5H,1H3. The number of hydrogen-bond acceptors (Lipinski definition) is 2. The molecule has 0 aliphatic carbocycles. The fourth-order valence-corrected chi connectivity index (χ4v) is 1.46. The third-order valence-electron chi connectivity index (χ3n) is 1.84. The number of rotatable bonds is 1. The van der Waals surface area contributed by atoms with Crippen LogP contribution in [-0.2, 0) is 0 Å². The van der Waals surface area contributed by atoms with Crippen LogP contribution in [0.25, 0.3) is 5.69 Å². The van der Waals surface area contributed by atoms with Crippen molar-refractivity contribution in [1.82, 2.24) is 14.8 Å². The lowest BCUT2D eigenvalue weighted by molar-refractivity contribution is 0.869. The Balaban J connectivity index is 2.55. The number of halogens is 2. The van der Waals surface area contributed by atoms with Gasteiger partial charge in [0.05, 0.1) is 16.9 Å². The Hall–Kier alpha value is -1.06. The Morgan fingerprint density at radius 2 is 2.07 bits per heavy atom. The van der Waals surface area contributed by atoms with Crippen molar-refractivity contribution in [2.45, 2.75) is 6.92 Å². The number of aryl methyl sites for hydroxylation is 1. The quantitative estimate of drug-likeness (QED) is 0.702. The Morgan fingerprint density at radius 1 is 1.29 bits per heavy atom. The second kappa shape index (κ2) is 3.59. The molecule has 0 unspecified atom stereocenters. The lowest BCUT2D eigenvalue weighted by atomic mass is 10.3. The topological polar surface area (TPSA) is 30.7 Å². The van der Waals surface area contributed by atoms with E-state index in [1.54, 1.807) is 29.3 Å². The van der Waals surface area contributed by atoms with Gasteiger partial charge >= 0.3 is 0 Å². The first-order chi connectivity index (χ1) is 6.66. The molecule has 0 saturated carbocycles.